The van der Waals surface area contributed by atoms with E-state index in [-0.39, 0.29) is 22.6 Å². The van der Waals surface area contributed by atoms with Gasteiger partial charge in [-0.1, -0.05) is 15.9 Å². The summed E-state index contributed by atoms with van der Waals surface area (Å²) in [5.74, 6) is -0.761. The molecule has 0 unspecified atom stereocenters. The molecule has 1 aromatic rings. The topological polar surface area (TPSA) is 44.8 Å². The molecular weight excluding hydrogens is 307 g/mol. The van der Waals surface area contributed by atoms with E-state index in [0.29, 0.717) is 0 Å². The molecule has 0 heterocycles. The minimum absolute atomic E-state index is 0.119. The van der Waals surface area contributed by atoms with Crippen LogP contribution in [0.25, 0.3) is 5.83 Å². The van der Waals surface area contributed by atoms with Crippen LogP contribution in [0, 0.1) is 0 Å². The van der Waals surface area contributed by atoms with Crippen molar-refractivity contribution in [3.05, 3.63) is 28.2 Å². The third kappa shape index (κ3) is 2.81. The quantitative estimate of drug-likeness (QED) is 0.800. The lowest BCUT2D eigenvalue weighted by atomic mass is 10.1. The Balaban J connectivity index is 3.48. The van der Waals surface area contributed by atoms with Crippen molar-refractivity contribution in [3.8, 4) is 11.5 Å². The monoisotopic (exact) mass is 318 g/mol. The highest BCUT2D eigenvalue weighted by atomic mass is 79.9. The minimum atomic E-state index is -0.613. The summed E-state index contributed by atoms with van der Waals surface area (Å²) in [4.78, 5) is 12.7. The van der Waals surface area contributed by atoms with Gasteiger partial charge in [0.15, 0.2) is 0 Å². The zero-order chi connectivity index (χ0) is 13.7. The maximum atomic E-state index is 13.5. The first kappa shape index (κ1) is 14.5. The van der Waals surface area contributed by atoms with Crippen molar-refractivity contribution in [2.75, 3.05) is 21.3 Å². The largest absolute Gasteiger partial charge is 0.496 e. The second-order valence-corrected chi connectivity index (χ2v) is 3.66. The summed E-state index contributed by atoms with van der Waals surface area (Å²) in [5.41, 5.74) is 0.349. The molecule has 0 aliphatic heterocycles. The van der Waals surface area contributed by atoms with Crippen molar-refractivity contribution in [2.45, 2.75) is 0 Å². The number of ether oxygens (including phenoxy) is 3. The third-order valence-corrected chi connectivity index (χ3v) is 2.67. The van der Waals surface area contributed by atoms with Gasteiger partial charge in [-0.2, -0.15) is 0 Å². The zero-order valence-electron chi connectivity index (χ0n) is 10.1. The summed E-state index contributed by atoms with van der Waals surface area (Å²) in [5, 5.41) is 0. The molecule has 0 aromatic heterocycles. The summed E-state index contributed by atoms with van der Waals surface area (Å²) >= 11 is 2.90. The van der Waals surface area contributed by atoms with E-state index < -0.39 is 11.8 Å². The van der Waals surface area contributed by atoms with Gasteiger partial charge in [0, 0.05) is 10.5 Å². The molecule has 1 rings (SSSR count). The van der Waals surface area contributed by atoms with Crippen molar-refractivity contribution in [1.29, 1.82) is 0 Å². The summed E-state index contributed by atoms with van der Waals surface area (Å²) in [7, 11) is 4.00. The van der Waals surface area contributed by atoms with Crippen LogP contribution < -0.4 is 9.47 Å². The second-order valence-electron chi connectivity index (χ2n) is 3.20. The Morgan fingerprint density at radius 1 is 1.22 bits per heavy atom. The first-order valence-electron chi connectivity index (χ1n) is 4.89. The number of rotatable bonds is 4. The number of benzene rings is 1. The summed E-state index contributed by atoms with van der Waals surface area (Å²) in [6, 6.07) is 2.78. The van der Waals surface area contributed by atoms with Crippen LogP contribution in [0.2, 0.25) is 0 Å². The molecule has 0 aliphatic rings. The van der Waals surface area contributed by atoms with Gasteiger partial charge in [-0.15, -0.1) is 0 Å². The Morgan fingerprint density at radius 3 is 2.06 bits per heavy atom. The molecule has 0 saturated heterocycles. The molecule has 0 amide bonds. The van der Waals surface area contributed by atoms with Gasteiger partial charge in [0.2, 0.25) is 0 Å². The van der Waals surface area contributed by atoms with Crippen LogP contribution in [-0.4, -0.2) is 27.3 Å². The van der Waals surface area contributed by atoms with Crippen LogP contribution in [0.15, 0.2) is 17.1 Å². The van der Waals surface area contributed by atoms with Crippen LogP contribution in [-0.2, 0) is 4.74 Å². The van der Waals surface area contributed by atoms with Gasteiger partial charge >= 0.3 is 5.97 Å². The van der Waals surface area contributed by atoms with E-state index in [4.69, 9.17) is 9.47 Å². The Kier molecular flexibility index (Phi) is 5.15. The molecule has 0 N–H and O–H groups in total. The molecule has 0 atom stereocenters. The average molecular weight is 319 g/mol. The van der Waals surface area contributed by atoms with Crippen LogP contribution >= 0.6 is 15.9 Å². The number of carbonyl (C=O) groups is 1. The van der Waals surface area contributed by atoms with Crippen molar-refractivity contribution in [2.24, 2.45) is 0 Å². The van der Waals surface area contributed by atoms with Gasteiger partial charge in [0.1, 0.15) is 22.9 Å². The fourth-order valence-corrected chi connectivity index (χ4v) is 1.68. The zero-order valence-corrected chi connectivity index (χ0v) is 11.7. The number of hydrogen-bond acceptors (Lipinski definition) is 4. The average Bonchev–Trinajstić information content (AvgIpc) is 2.43. The number of esters is 1. The lowest BCUT2D eigenvalue weighted by Crippen LogP contribution is -2.07. The second kappa shape index (κ2) is 6.39. The lowest BCUT2D eigenvalue weighted by Gasteiger charge is -2.13. The van der Waals surface area contributed by atoms with Crippen molar-refractivity contribution >= 4 is 27.7 Å². The van der Waals surface area contributed by atoms with E-state index in [9.17, 15) is 9.18 Å². The summed E-state index contributed by atoms with van der Waals surface area (Å²) < 4.78 is 28.2. The Hall–Kier alpha value is -1.56. The highest BCUT2D eigenvalue weighted by Crippen LogP contribution is 2.34. The molecule has 4 nitrogen and oxygen atoms in total. The number of halogens is 2. The van der Waals surface area contributed by atoms with Crippen LogP contribution in [0.5, 0.6) is 11.5 Å². The summed E-state index contributed by atoms with van der Waals surface area (Å²) in [6.45, 7) is 0. The van der Waals surface area contributed by atoms with Gasteiger partial charge in [-0.3, -0.25) is 0 Å². The molecule has 0 bridgehead atoms. The van der Waals surface area contributed by atoms with E-state index >= 15 is 0 Å². The molecule has 18 heavy (non-hydrogen) atoms. The SMILES string of the molecule is COC(=O)c1c(OC)cc(/C(F)=C/Br)cc1OC. The Labute approximate surface area is 112 Å². The Morgan fingerprint density at radius 2 is 1.72 bits per heavy atom. The molecule has 6 heteroatoms. The highest BCUT2D eigenvalue weighted by molar-refractivity contribution is 9.11. The van der Waals surface area contributed by atoms with E-state index in [0.717, 1.165) is 4.99 Å². The number of hydrogen-bond donors (Lipinski definition) is 0. The van der Waals surface area contributed by atoms with E-state index in [1.54, 1.807) is 0 Å². The fourth-order valence-electron chi connectivity index (χ4n) is 1.42. The van der Waals surface area contributed by atoms with Gasteiger partial charge in [-0.25, -0.2) is 9.18 Å². The number of methoxy groups -OCH3 is 3. The molecule has 0 radical (unpaired) electrons. The maximum Gasteiger partial charge on any atom is 0.345 e. The molecule has 0 spiro atoms. The normalized spacial score (nSPS) is 11.1. The van der Waals surface area contributed by atoms with Gasteiger partial charge in [0.25, 0.3) is 0 Å². The molecule has 98 valence electrons. The third-order valence-electron chi connectivity index (χ3n) is 2.27. The highest BCUT2D eigenvalue weighted by Gasteiger charge is 2.21. The predicted molar refractivity (Wildman–Crippen MR) is 68.9 cm³/mol. The smallest absolute Gasteiger partial charge is 0.345 e. The molecule has 0 saturated carbocycles. The van der Waals surface area contributed by atoms with Crippen molar-refractivity contribution < 1.29 is 23.4 Å². The lowest BCUT2D eigenvalue weighted by molar-refractivity contribution is 0.0593. The van der Waals surface area contributed by atoms with Gasteiger partial charge < -0.3 is 14.2 Å². The van der Waals surface area contributed by atoms with Crippen molar-refractivity contribution in [3.63, 3.8) is 0 Å². The first-order chi connectivity index (χ1) is 8.58. The van der Waals surface area contributed by atoms with Crippen molar-refractivity contribution in [1.82, 2.24) is 0 Å². The van der Waals surface area contributed by atoms with E-state index in [2.05, 4.69) is 20.7 Å². The molecule has 0 aliphatic carbocycles. The van der Waals surface area contributed by atoms with Gasteiger partial charge in [0.05, 0.1) is 21.3 Å². The Bertz CT molecular complexity index is 460. The van der Waals surface area contributed by atoms with Crippen LogP contribution in [0.3, 0.4) is 0 Å². The molecule has 0 fully saturated rings. The van der Waals surface area contributed by atoms with Crippen LogP contribution in [0.1, 0.15) is 15.9 Å². The van der Waals surface area contributed by atoms with E-state index in [1.165, 1.54) is 33.5 Å². The minimum Gasteiger partial charge on any atom is -0.496 e. The van der Waals surface area contributed by atoms with E-state index in [1.807, 2.05) is 0 Å². The summed E-state index contributed by atoms with van der Waals surface area (Å²) in [6.07, 6.45) is 0. The molecule has 1 aromatic carbocycles. The van der Waals surface area contributed by atoms with Gasteiger partial charge in [-0.05, 0) is 12.1 Å². The van der Waals surface area contributed by atoms with Crippen LogP contribution in [0.4, 0.5) is 4.39 Å². The standard InChI is InChI=1S/C12H12BrFO4/c1-16-9-4-7(8(14)6-13)5-10(17-2)11(9)12(15)18-3/h4-6H,1-3H3/b8-6-. The predicted octanol–water partition coefficient (Wildman–Crippen LogP) is 3.15. The first-order valence-corrected chi connectivity index (χ1v) is 5.81. The number of carbonyl (C=O) groups excluding carboxylic acids is 1. The molecular formula is C12H12BrFO4. The maximum absolute atomic E-state index is 13.5. The fraction of sp³-hybridized carbons (Fsp3) is 0.250.